The lowest BCUT2D eigenvalue weighted by Crippen LogP contribution is -2.30. The zero-order chi connectivity index (χ0) is 65.2. The van der Waals surface area contributed by atoms with E-state index in [1.54, 1.807) is 0 Å². The van der Waals surface area contributed by atoms with Gasteiger partial charge in [0.2, 0.25) is 0 Å². The number of phosphoric ester groups is 2. The molecule has 0 aromatic heterocycles. The molecular formula is C69H134O17P2. The van der Waals surface area contributed by atoms with Gasteiger partial charge in [0.1, 0.15) is 19.3 Å². The Kier molecular flexibility index (Phi) is 58.7. The minimum absolute atomic E-state index is 0.105. The highest BCUT2D eigenvalue weighted by Gasteiger charge is 2.30. The molecule has 88 heavy (non-hydrogen) atoms. The summed E-state index contributed by atoms with van der Waals surface area (Å²) in [6.07, 6.45) is 43.0. The van der Waals surface area contributed by atoms with Gasteiger partial charge in [-0.1, -0.05) is 292 Å². The minimum atomic E-state index is -4.95. The van der Waals surface area contributed by atoms with E-state index in [0.29, 0.717) is 25.7 Å². The SMILES string of the molecule is CCCCCCCCCCC(=O)OC[C@H](COP(=O)(O)OC[C@H](O)COP(=O)(O)OC[C@@H](COC(=O)CCCCCCCCCCCCC(C)C)OC(=O)CCCCCCCCCCCCC(C)CC)OC(=O)CCCCCCCCCCCCC(C)C. The third-order valence-corrected chi connectivity index (χ3v) is 18.1. The molecule has 0 aliphatic rings. The molecule has 0 heterocycles. The fraction of sp³-hybridized carbons (Fsp3) is 0.942. The molecule has 6 atom stereocenters. The molecule has 0 aliphatic heterocycles. The molecule has 0 saturated carbocycles. The number of carbonyl (C=O) groups is 4. The van der Waals surface area contributed by atoms with Gasteiger partial charge in [-0.15, -0.1) is 0 Å². The number of aliphatic hydroxyl groups excluding tert-OH is 1. The summed E-state index contributed by atoms with van der Waals surface area (Å²) in [6, 6.07) is 0. The van der Waals surface area contributed by atoms with Crippen LogP contribution in [-0.4, -0.2) is 96.7 Å². The van der Waals surface area contributed by atoms with E-state index in [1.807, 2.05) is 0 Å². The molecule has 0 amide bonds. The van der Waals surface area contributed by atoms with Crippen molar-refractivity contribution in [3.05, 3.63) is 0 Å². The highest BCUT2D eigenvalue weighted by atomic mass is 31.2. The fourth-order valence-electron chi connectivity index (χ4n) is 10.3. The van der Waals surface area contributed by atoms with Gasteiger partial charge in [0.05, 0.1) is 26.4 Å². The topological polar surface area (TPSA) is 237 Å². The number of hydrogen-bond donors (Lipinski definition) is 3. The minimum Gasteiger partial charge on any atom is -0.462 e. The van der Waals surface area contributed by atoms with E-state index in [-0.39, 0.29) is 25.7 Å². The molecule has 0 radical (unpaired) electrons. The first-order valence-electron chi connectivity index (χ1n) is 35.9. The first-order chi connectivity index (χ1) is 42.3. The highest BCUT2D eigenvalue weighted by Crippen LogP contribution is 2.45. The molecule has 17 nitrogen and oxygen atoms in total. The normalized spacial score (nSPS) is 14.5. The quantitative estimate of drug-likeness (QED) is 0.0222. The van der Waals surface area contributed by atoms with E-state index in [2.05, 4.69) is 48.5 Å². The monoisotopic (exact) mass is 1300 g/mol. The summed E-state index contributed by atoms with van der Waals surface area (Å²) in [5, 5.41) is 10.6. The largest absolute Gasteiger partial charge is 0.472 e. The predicted molar refractivity (Wildman–Crippen MR) is 354 cm³/mol. The second kappa shape index (κ2) is 60.0. The highest BCUT2D eigenvalue weighted by molar-refractivity contribution is 7.47. The summed E-state index contributed by atoms with van der Waals surface area (Å²) in [7, 11) is -9.90. The molecule has 19 heteroatoms. The molecule has 3 unspecified atom stereocenters. The number of rotatable bonds is 67. The molecule has 0 fully saturated rings. The van der Waals surface area contributed by atoms with E-state index in [9.17, 15) is 43.2 Å². The van der Waals surface area contributed by atoms with Crippen LogP contribution in [0.2, 0.25) is 0 Å². The zero-order valence-electron chi connectivity index (χ0n) is 57.2. The third-order valence-electron chi connectivity index (χ3n) is 16.2. The summed E-state index contributed by atoms with van der Waals surface area (Å²) < 4.78 is 68.2. The lowest BCUT2D eigenvalue weighted by atomic mass is 9.99. The molecule has 3 N–H and O–H groups in total. The average molecular weight is 1300 g/mol. The van der Waals surface area contributed by atoms with Crippen LogP contribution >= 0.6 is 15.6 Å². The van der Waals surface area contributed by atoms with Crippen molar-refractivity contribution in [1.29, 1.82) is 0 Å². The predicted octanol–water partition coefficient (Wildman–Crippen LogP) is 19.5. The molecule has 0 aliphatic carbocycles. The van der Waals surface area contributed by atoms with Gasteiger partial charge in [-0.25, -0.2) is 9.13 Å². The molecule has 522 valence electrons. The zero-order valence-corrected chi connectivity index (χ0v) is 59.0. The van der Waals surface area contributed by atoms with Crippen LogP contribution in [0.15, 0.2) is 0 Å². The summed E-state index contributed by atoms with van der Waals surface area (Å²) in [5.74, 6) is 0.184. The second-order valence-electron chi connectivity index (χ2n) is 26.1. The summed E-state index contributed by atoms with van der Waals surface area (Å²) in [5.41, 5.74) is 0. The van der Waals surface area contributed by atoms with Gasteiger partial charge in [-0.05, 0) is 43.4 Å². The molecule has 0 aromatic carbocycles. The summed E-state index contributed by atoms with van der Waals surface area (Å²) in [6.45, 7) is 11.8. The Labute approximate surface area is 537 Å². The Morgan fingerprint density at radius 3 is 0.864 bits per heavy atom. The van der Waals surface area contributed by atoms with Gasteiger partial charge in [0.25, 0.3) is 0 Å². The van der Waals surface area contributed by atoms with E-state index in [0.717, 1.165) is 114 Å². The molecule has 0 rings (SSSR count). The van der Waals surface area contributed by atoms with Crippen molar-refractivity contribution in [2.45, 2.75) is 362 Å². The fourth-order valence-corrected chi connectivity index (χ4v) is 11.9. The second-order valence-corrected chi connectivity index (χ2v) is 29.0. The van der Waals surface area contributed by atoms with Crippen molar-refractivity contribution in [2.24, 2.45) is 17.8 Å². The number of aliphatic hydroxyl groups is 1. The number of ether oxygens (including phenoxy) is 4. The van der Waals surface area contributed by atoms with Crippen LogP contribution in [0, 0.1) is 17.8 Å². The van der Waals surface area contributed by atoms with Crippen molar-refractivity contribution < 1.29 is 80.2 Å². The van der Waals surface area contributed by atoms with Crippen LogP contribution < -0.4 is 0 Å². The van der Waals surface area contributed by atoms with Crippen LogP contribution in [0.5, 0.6) is 0 Å². The van der Waals surface area contributed by atoms with Crippen molar-refractivity contribution in [1.82, 2.24) is 0 Å². The number of unbranched alkanes of at least 4 members (excludes halogenated alkanes) is 34. The molecular weight excluding hydrogens is 1160 g/mol. The van der Waals surface area contributed by atoms with Crippen molar-refractivity contribution in [2.75, 3.05) is 39.6 Å². The van der Waals surface area contributed by atoms with Crippen molar-refractivity contribution >= 4 is 39.5 Å². The number of carbonyl (C=O) groups excluding carboxylic acids is 4. The average Bonchev–Trinajstić information content (AvgIpc) is 3.55. The Balaban J connectivity index is 5.24. The van der Waals surface area contributed by atoms with E-state index in [4.69, 9.17) is 37.0 Å². The van der Waals surface area contributed by atoms with Crippen LogP contribution in [0.4, 0.5) is 0 Å². The summed E-state index contributed by atoms with van der Waals surface area (Å²) >= 11 is 0. The Morgan fingerprint density at radius 2 is 0.580 bits per heavy atom. The van der Waals surface area contributed by atoms with Crippen molar-refractivity contribution in [3.63, 3.8) is 0 Å². The first kappa shape index (κ1) is 86.1. The van der Waals surface area contributed by atoms with Crippen LogP contribution in [0.1, 0.15) is 344 Å². The Hall–Kier alpha value is -1.94. The number of hydrogen-bond acceptors (Lipinski definition) is 15. The van der Waals surface area contributed by atoms with Crippen LogP contribution in [0.3, 0.4) is 0 Å². The first-order valence-corrected chi connectivity index (χ1v) is 38.9. The van der Waals surface area contributed by atoms with Gasteiger partial charge in [-0.3, -0.25) is 37.3 Å². The van der Waals surface area contributed by atoms with Gasteiger partial charge in [-0.2, -0.15) is 0 Å². The van der Waals surface area contributed by atoms with E-state index in [1.165, 1.54) is 148 Å². The number of phosphoric acid groups is 2. The maximum absolute atomic E-state index is 13.0. The smallest absolute Gasteiger partial charge is 0.462 e. The standard InChI is InChI=1S/C69H134O17P2/c1-8-10-11-12-13-29-36-43-50-66(71)79-56-64(85-68(73)52-45-38-31-24-18-15-21-27-34-41-48-61(5)6)58-83-87(75,76)81-54-63(70)55-82-88(77,78)84-59-65(57-80-67(72)51-44-37-30-23-17-14-20-26-33-40-47-60(3)4)86-69(74)53-46-39-32-25-19-16-22-28-35-42-49-62(7)9-2/h60-65,70H,8-59H2,1-7H3,(H,75,76)(H,77,78)/t62?,63-,64+,65+/m0/s1. The Bertz CT molecular complexity index is 1730. The van der Waals surface area contributed by atoms with Gasteiger partial charge < -0.3 is 33.8 Å². The third kappa shape index (κ3) is 61.6. The van der Waals surface area contributed by atoms with E-state index >= 15 is 0 Å². The van der Waals surface area contributed by atoms with Gasteiger partial charge in [0.15, 0.2) is 12.2 Å². The van der Waals surface area contributed by atoms with Crippen molar-refractivity contribution in [3.8, 4) is 0 Å². The lowest BCUT2D eigenvalue weighted by Gasteiger charge is -2.21. The van der Waals surface area contributed by atoms with Crippen LogP contribution in [0.25, 0.3) is 0 Å². The lowest BCUT2D eigenvalue weighted by molar-refractivity contribution is -0.161. The maximum Gasteiger partial charge on any atom is 0.472 e. The maximum atomic E-state index is 13.0. The molecule has 0 saturated heterocycles. The molecule has 0 aromatic rings. The van der Waals surface area contributed by atoms with Gasteiger partial charge in [0, 0.05) is 25.7 Å². The summed E-state index contributed by atoms with van der Waals surface area (Å²) in [4.78, 5) is 72.4. The van der Waals surface area contributed by atoms with Gasteiger partial charge >= 0.3 is 39.5 Å². The van der Waals surface area contributed by atoms with Crippen LogP contribution in [-0.2, 0) is 65.4 Å². The molecule has 0 bridgehead atoms. The molecule has 0 spiro atoms. The Morgan fingerprint density at radius 1 is 0.330 bits per heavy atom. The number of esters is 4. The van der Waals surface area contributed by atoms with E-state index < -0.39 is 97.5 Å².